The van der Waals surface area contributed by atoms with Gasteiger partial charge in [-0.2, -0.15) is 5.26 Å². The molecule has 0 saturated heterocycles. The lowest BCUT2D eigenvalue weighted by atomic mass is 9.83. The summed E-state index contributed by atoms with van der Waals surface area (Å²) in [5, 5.41) is 20.6. The van der Waals surface area contributed by atoms with Crippen LogP contribution in [0.5, 0.6) is 0 Å². The topological polar surface area (TPSA) is 76.2 Å². The highest BCUT2D eigenvalue weighted by Crippen LogP contribution is 2.38. The molecule has 0 N–H and O–H groups in total. The Labute approximate surface area is 116 Å². The first-order chi connectivity index (χ1) is 9.64. The molecule has 2 unspecified atom stereocenters. The third kappa shape index (κ3) is 2.33. The van der Waals surface area contributed by atoms with Crippen LogP contribution in [0.4, 0.5) is 0 Å². The lowest BCUT2D eigenvalue weighted by molar-refractivity contribution is -0.616. The molecule has 1 aromatic carbocycles. The van der Waals surface area contributed by atoms with Crippen LogP contribution in [0.3, 0.4) is 0 Å². The number of benzene rings is 1. The third-order valence-corrected chi connectivity index (χ3v) is 3.22. The highest BCUT2D eigenvalue weighted by molar-refractivity contribution is 5.43. The average Bonchev–Trinajstić information content (AvgIpc) is 2.48. The summed E-state index contributed by atoms with van der Waals surface area (Å²) in [5.41, 5.74) is -0.708. The Morgan fingerprint density at radius 2 is 2.15 bits per heavy atom. The highest BCUT2D eigenvalue weighted by atomic mass is 16.7. The van der Waals surface area contributed by atoms with Crippen LogP contribution in [-0.2, 0) is 4.74 Å². The van der Waals surface area contributed by atoms with Gasteiger partial charge in [0.15, 0.2) is 0 Å². The van der Waals surface area contributed by atoms with Crippen molar-refractivity contribution in [1.82, 2.24) is 0 Å². The Balaban J connectivity index is 2.55. The largest absolute Gasteiger partial charge is 0.356 e. The minimum Gasteiger partial charge on any atom is -0.311 e. The number of ether oxygens (including phenoxy) is 1. The van der Waals surface area contributed by atoms with E-state index in [9.17, 15) is 10.1 Å². The number of nitrogens with zero attached hydrogens (tertiary/aromatic N) is 2. The fourth-order valence-corrected chi connectivity index (χ4v) is 2.36. The zero-order valence-electron chi connectivity index (χ0n) is 11.0. The number of allylic oxidation sites excluding steroid dienone is 2. The van der Waals surface area contributed by atoms with Gasteiger partial charge in [-0.25, -0.2) is 0 Å². The second kappa shape index (κ2) is 5.68. The van der Waals surface area contributed by atoms with Crippen molar-refractivity contribution in [3.63, 3.8) is 0 Å². The Morgan fingerprint density at radius 1 is 1.45 bits per heavy atom. The molecule has 0 bridgehead atoms. The molecule has 0 saturated carbocycles. The minimum absolute atomic E-state index is 0.188. The highest BCUT2D eigenvalue weighted by Gasteiger charge is 2.51. The molecule has 0 aliphatic heterocycles. The summed E-state index contributed by atoms with van der Waals surface area (Å²) in [6.07, 6.45) is 4.55. The molecule has 5 nitrogen and oxygen atoms in total. The maximum absolute atomic E-state index is 11.6. The summed E-state index contributed by atoms with van der Waals surface area (Å²) < 4.78 is 5.45. The fourth-order valence-electron chi connectivity index (χ4n) is 2.36. The molecule has 0 aromatic heterocycles. The van der Waals surface area contributed by atoms with E-state index in [1.54, 1.807) is 19.1 Å². The normalized spacial score (nSPS) is 24.8. The molecule has 5 heteroatoms. The van der Waals surface area contributed by atoms with Crippen LogP contribution < -0.4 is 0 Å². The van der Waals surface area contributed by atoms with Gasteiger partial charge in [0.1, 0.15) is 5.92 Å². The zero-order valence-corrected chi connectivity index (χ0v) is 11.0. The predicted molar refractivity (Wildman–Crippen MR) is 73.4 cm³/mol. The van der Waals surface area contributed by atoms with Crippen LogP contribution in [0.2, 0.25) is 0 Å². The Bertz CT molecular complexity index is 601. The molecule has 1 aromatic rings. The maximum Gasteiger partial charge on any atom is 0.356 e. The molecule has 0 heterocycles. The van der Waals surface area contributed by atoms with Crippen LogP contribution in [0.1, 0.15) is 18.4 Å². The van der Waals surface area contributed by atoms with Crippen LogP contribution in [-0.4, -0.2) is 17.3 Å². The molecular weight excluding hydrogens is 256 g/mol. The van der Waals surface area contributed by atoms with Crippen molar-refractivity contribution < 1.29 is 9.66 Å². The smallest absolute Gasteiger partial charge is 0.311 e. The number of rotatable bonds is 4. The van der Waals surface area contributed by atoms with E-state index in [0.717, 1.165) is 5.56 Å². The van der Waals surface area contributed by atoms with E-state index in [1.165, 1.54) is 6.08 Å². The van der Waals surface area contributed by atoms with Crippen molar-refractivity contribution in [2.45, 2.75) is 18.6 Å². The van der Waals surface area contributed by atoms with Crippen molar-refractivity contribution in [1.29, 1.82) is 5.26 Å². The van der Waals surface area contributed by atoms with E-state index < -0.39 is 16.6 Å². The Kier molecular flexibility index (Phi) is 3.97. The molecule has 2 rings (SSSR count). The van der Waals surface area contributed by atoms with Crippen LogP contribution in [0.15, 0.2) is 54.1 Å². The molecule has 0 spiro atoms. The van der Waals surface area contributed by atoms with Crippen molar-refractivity contribution in [3.05, 3.63) is 69.8 Å². The summed E-state index contributed by atoms with van der Waals surface area (Å²) in [4.78, 5) is 11.1. The summed E-state index contributed by atoms with van der Waals surface area (Å²) in [5.74, 6) is -0.559. The standard InChI is InChI=1S/C15H14N2O3/c1-2-20-15(17(18)19)10-12(11-16)8-9-14(15)13-6-4-3-5-7-13/h3-10,14H,2H2,1H3. The van der Waals surface area contributed by atoms with Gasteiger partial charge >= 0.3 is 5.72 Å². The van der Waals surface area contributed by atoms with Crippen molar-refractivity contribution in [3.8, 4) is 6.07 Å². The van der Waals surface area contributed by atoms with Gasteiger partial charge in [0.05, 0.1) is 23.2 Å². The lowest BCUT2D eigenvalue weighted by Gasteiger charge is -2.30. The molecule has 0 radical (unpaired) electrons. The molecule has 0 fully saturated rings. The molecule has 2 atom stereocenters. The lowest BCUT2D eigenvalue weighted by Crippen LogP contribution is -2.46. The van der Waals surface area contributed by atoms with Gasteiger partial charge < -0.3 is 4.74 Å². The second-order valence-corrected chi connectivity index (χ2v) is 4.40. The molecule has 20 heavy (non-hydrogen) atoms. The Hall–Kier alpha value is -2.45. The van der Waals surface area contributed by atoms with Crippen molar-refractivity contribution in [2.75, 3.05) is 6.61 Å². The quantitative estimate of drug-likeness (QED) is 0.479. The van der Waals surface area contributed by atoms with E-state index in [1.807, 2.05) is 36.4 Å². The van der Waals surface area contributed by atoms with Gasteiger partial charge in [-0.3, -0.25) is 10.1 Å². The van der Waals surface area contributed by atoms with Gasteiger partial charge in [0.2, 0.25) is 0 Å². The number of nitriles is 1. The van der Waals surface area contributed by atoms with Gasteiger partial charge in [-0.1, -0.05) is 36.4 Å². The van der Waals surface area contributed by atoms with Gasteiger partial charge in [-0.15, -0.1) is 0 Å². The first-order valence-electron chi connectivity index (χ1n) is 6.28. The van der Waals surface area contributed by atoms with E-state index in [4.69, 9.17) is 10.00 Å². The zero-order chi connectivity index (χ0) is 14.6. The van der Waals surface area contributed by atoms with Crippen molar-refractivity contribution >= 4 is 0 Å². The minimum atomic E-state index is -1.73. The number of hydrogen-bond donors (Lipinski definition) is 0. The fraction of sp³-hybridized carbons (Fsp3) is 0.267. The molecular formula is C15H14N2O3. The van der Waals surface area contributed by atoms with Crippen LogP contribution >= 0.6 is 0 Å². The number of nitro groups is 1. The first-order valence-corrected chi connectivity index (χ1v) is 6.28. The van der Waals surface area contributed by atoms with Crippen LogP contribution in [0, 0.1) is 21.4 Å². The summed E-state index contributed by atoms with van der Waals surface area (Å²) >= 11 is 0. The molecule has 102 valence electrons. The van der Waals surface area contributed by atoms with E-state index in [-0.39, 0.29) is 12.2 Å². The molecule has 0 amide bonds. The predicted octanol–water partition coefficient (Wildman–Crippen LogP) is 2.80. The Morgan fingerprint density at radius 3 is 2.70 bits per heavy atom. The molecule has 1 aliphatic carbocycles. The summed E-state index contributed by atoms with van der Waals surface area (Å²) in [6.45, 7) is 1.89. The maximum atomic E-state index is 11.6. The summed E-state index contributed by atoms with van der Waals surface area (Å²) in [6, 6.07) is 11.1. The van der Waals surface area contributed by atoms with Gasteiger partial charge in [0, 0.05) is 6.08 Å². The van der Waals surface area contributed by atoms with Crippen LogP contribution in [0.25, 0.3) is 0 Å². The van der Waals surface area contributed by atoms with Gasteiger partial charge in [0.25, 0.3) is 0 Å². The second-order valence-electron chi connectivity index (χ2n) is 4.40. The van der Waals surface area contributed by atoms with E-state index >= 15 is 0 Å². The van der Waals surface area contributed by atoms with E-state index in [2.05, 4.69) is 0 Å². The van der Waals surface area contributed by atoms with E-state index in [0.29, 0.717) is 0 Å². The van der Waals surface area contributed by atoms with Crippen molar-refractivity contribution in [2.24, 2.45) is 0 Å². The third-order valence-electron chi connectivity index (χ3n) is 3.22. The SMILES string of the molecule is CCOC1([N+](=O)[O-])C=C(C#N)C=CC1c1ccccc1. The summed E-state index contributed by atoms with van der Waals surface area (Å²) in [7, 11) is 0. The van der Waals surface area contributed by atoms with Gasteiger partial charge in [-0.05, 0) is 18.6 Å². The average molecular weight is 270 g/mol. The first kappa shape index (κ1) is 14.0. The monoisotopic (exact) mass is 270 g/mol. The molecule has 1 aliphatic rings. The number of hydrogen-bond acceptors (Lipinski definition) is 4.